The van der Waals surface area contributed by atoms with Gasteiger partial charge < -0.3 is 14.5 Å². The van der Waals surface area contributed by atoms with Gasteiger partial charge in [-0.15, -0.1) is 0 Å². The standard InChI is InChI=1S/C20H16F3NO3/c1-12(17-8-4-14(22)10-18(17)23)24-20(25)19-9-7-16(27-19)11-26-15-5-2-13(21)3-6-15/h2-10,12H,11H2,1H3,(H,24,25). The van der Waals surface area contributed by atoms with Gasteiger partial charge in [0.25, 0.3) is 5.91 Å². The van der Waals surface area contributed by atoms with E-state index in [9.17, 15) is 18.0 Å². The molecule has 1 heterocycles. The molecule has 0 aliphatic carbocycles. The molecule has 0 aliphatic heterocycles. The molecule has 1 aromatic heterocycles. The molecule has 1 N–H and O–H groups in total. The highest BCUT2D eigenvalue weighted by Crippen LogP contribution is 2.19. The van der Waals surface area contributed by atoms with Gasteiger partial charge in [-0.25, -0.2) is 13.2 Å². The minimum atomic E-state index is -0.740. The molecule has 4 nitrogen and oxygen atoms in total. The highest BCUT2D eigenvalue weighted by molar-refractivity contribution is 5.91. The Morgan fingerprint density at radius 1 is 1.04 bits per heavy atom. The number of ether oxygens (including phenoxy) is 1. The first kappa shape index (κ1) is 18.6. The molecule has 0 saturated carbocycles. The summed E-state index contributed by atoms with van der Waals surface area (Å²) in [6.07, 6.45) is 0. The van der Waals surface area contributed by atoms with Crippen molar-refractivity contribution in [3.05, 3.63) is 89.1 Å². The van der Waals surface area contributed by atoms with E-state index in [0.29, 0.717) is 11.5 Å². The second kappa shape index (κ2) is 7.99. The zero-order chi connectivity index (χ0) is 19.4. The van der Waals surface area contributed by atoms with Crippen LogP contribution in [0.25, 0.3) is 0 Å². The molecule has 3 aromatic rings. The Hall–Kier alpha value is -3.22. The number of halogens is 3. The first-order valence-electron chi connectivity index (χ1n) is 8.15. The zero-order valence-corrected chi connectivity index (χ0v) is 14.3. The highest BCUT2D eigenvalue weighted by Gasteiger charge is 2.18. The first-order chi connectivity index (χ1) is 12.9. The molecule has 0 saturated heterocycles. The number of nitrogens with one attached hydrogen (secondary N) is 1. The maximum Gasteiger partial charge on any atom is 0.287 e. The van der Waals surface area contributed by atoms with Gasteiger partial charge in [0.15, 0.2) is 5.76 Å². The SMILES string of the molecule is CC(NC(=O)c1ccc(COc2ccc(F)cc2)o1)c1ccc(F)cc1F. The maximum absolute atomic E-state index is 13.8. The molecule has 0 radical (unpaired) electrons. The summed E-state index contributed by atoms with van der Waals surface area (Å²) in [6.45, 7) is 1.64. The summed E-state index contributed by atoms with van der Waals surface area (Å²) in [7, 11) is 0. The van der Waals surface area contributed by atoms with E-state index in [1.54, 1.807) is 13.0 Å². The number of hydrogen-bond acceptors (Lipinski definition) is 3. The van der Waals surface area contributed by atoms with Gasteiger partial charge in [0, 0.05) is 11.6 Å². The quantitative estimate of drug-likeness (QED) is 0.675. The van der Waals surface area contributed by atoms with Gasteiger partial charge >= 0.3 is 0 Å². The summed E-state index contributed by atoms with van der Waals surface area (Å²) in [5.74, 6) is -1.46. The van der Waals surface area contributed by atoms with Crippen LogP contribution in [0.2, 0.25) is 0 Å². The van der Waals surface area contributed by atoms with Crippen molar-refractivity contribution in [2.24, 2.45) is 0 Å². The molecule has 2 aromatic carbocycles. The molecular weight excluding hydrogens is 359 g/mol. The predicted molar refractivity (Wildman–Crippen MR) is 91.7 cm³/mol. The number of benzene rings is 2. The summed E-state index contributed by atoms with van der Waals surface area (Å²) in [5.41, 5.74) is 0.163. The third-order valence-corrected chi connectivity index (χ3v) is 3.86. The molecule has 0 aliphatic rings. The maximum atomic E-state index is 13.8. The molecule has 140 valence electrons. The molecular formula is C20H16F3NO3. The lowest BCUT2D eigenvalue weighted by atomic mass is 10.1. The Balaban J connectivity index is 1.60. The molecule has 1 atom stereocenters. The molecule has 1 amide bonds. The Morgan fingerprint density at radius 2 is 1.74 bits per heavy atom. The number of hydrogen-bond donors (Lipinski definition) is 1. The number of carbonyl (C=O) groups is 1. The van der Waals surface area contributed by atoms with Gasteiger partial charge in [-0.3, -0.25) is 4.79 Å². The van der Waals surface area contributed by atoms with E-state index in [1.807, 2.05) is 0 Å². The molecule has 0 bridgehead atoms. The summed E-state index contributed by atoms with van der Waals surface area (Å²) < 4.78 is 50.5. The minimum Gasteiger partial charge on any atom is -0.486 e. The monoisotopic (exact) mass is 375 g/mol. The van der Waals surface area contributed by atoms with Crippen LogP contribution in [-0.2, 0) is 6.61 Å². The van der Waals surface area contributed by atoms with Crippen LogP contribution in [0, 0.1) is 17.5 Å². The van der Waals surface area contributed by atoms with Crippen LogP contribution in [0.15, 0.2) is 59.0 Å². The van der Waals surface area contributed by atoms with E-state index in [2.05, 4.69) is 5.32 Å². The van der Waals surface area contributed by atoms with E-state index in [1.165, 1.54) is 36.4 Å². The Kier molecular flexibility index (Phi) is 5.49. The normalized spacial score (nSPS) is 11.9. The van der Waals surface area contributed by atoms with Crippen molar-refractivity contribution in [1.29, 1.82) is 0 Å². The summed E-state index contributed by atoms with van der Waals surface area (Å²) in [6, 6.07) is 11.0. The van der Waals surface area contributed by atoms with Crippen molar-refractivity contribution < 1.29 is 27.1 Å². The second-order valence-electron chi connectivity index (χ2n) is 5.87. The minimum absolute atomic E-state index is 0.0297. The average Bonchev–Trinajstić information content (AvgIpc) is 3.10. The van der Waals surface area contributed by atoms with Crippen molar-refractivity contribution in [3.63, 3.8) is 0 Å². The van der Waals surface area contributed by atoms with Crippen LogP contribution in [0.4, 0.5) is 13.2 Å². The fraction of sp³-hybridized carbons (Fsp3) is 0.150. The Labute approximate surface area is 153 Å². The Bertz CT molecular complexity index is 938. The van der Waals surface area contributed by atoms with Gasteiger partial charge in [0.2, 0.25) is 0 Å². The van der Waals surface area contributed by atoms with Crippen molar-refractivity contribution in [2.45, 2.75) is 19.6 Å². The van der Waals surface area contributed by atoms with Gasteiger partial charge in [0.1, 0.15) is 35.6 Å². The van der Waals surface area contributed by atoms with Gasteiger partial charge in [0.05, 0.1) is 6.04 Å². The molecule has 3 rings (SSSR count). The van der Waals surface area contributed by atoms with Crippen LogP contribution >= 0.6 is 0 Å². The van der Waals surface area contributed by atoms with Crippen molar-refractivity contribution >= 4 is 5.91 Å². The van der Waals surface area contributed by atoms with Crippen molar-refractivity contribution in [2.75, 3.05) is 0 Å². The summed E-state index contributed by atoms with van der Waals surface area (Å²) in [5, 5.41) is 2.59. The van der Waals surface area contributed by atoms with E-state index < -0.39 is 23.6 Å². The molecule has 27 heavy (non-hydrogen) atoms. The lowest BCUT2D eigenvalue weighted by Crippen LogP contribution is -2.26. The van der Waals surface area contributed by atoms with Crippen molar-refractivity contribution in [1.82, 2.24) is 5.32 Å². The molecule has 1 unspecified atom stereocenters. The third-order valence-electron chi connectivity index (χ3n) is 3.86. The number of rotatable bonds is 6. The van der Waals surface area contributed by atoms with Crippen LogP contribution in [0.5, 0.6) is 5.75 Å². The molecule has 0 fully saturated rings. The lowest BCUT2D eigenvalue weighted by Gasteiger charge is -2.14. The fourth-order valence-corrected chi connectivity index (χ4v) is 2.46. The topological polar surface area (TPSA) is 51.5 Å². The van der Waals surface area contributed by atoms with Crippen LogP contribution < -0.4 is 10.1 Å². The van der Waals surface area contributed by atoms with Crippen LogP contribution in [0.3, 0.4) is 0 Å². The highest BCUT2D eigenvalue weighted by atomic mass is 19.1. The number of amides is 1. The summed E-state index contributed by atoms with van der Waals surface area (Å²) >= 11 is 0. The third kappa shape index (κ3) is 4.69. The van der Waals surface area contributed by atoms with E-state index in [0.717, 1.165) is 12.1 Å². The lowest BCUT2D eigenvalue weighted by molar-refractivity contribution is 0.0907. The second-order valence-corrected chi connectivity index (χ2v) is 5.87. The predicted octanol–water partition coefficient (Wildman–Crippen LogP) is 4.77. The first-order valence-corrected chi connectivity index (χ1v) is 8.15. The zero-order valence-electron chi connectivity index (χ0n) is 14.3. The average molecular weight is 375 g/mol. The van der Waals surface area contributed by atoms with Crippen LogP contribution in [0.1, 0.15) is 34.8 Å². The van der Waals surface area contributed by atoms with E-state index >= 15 is 0 Å². The van der Waals surface area contributed by atoms with Crippen LogP contribution in [-0.4, -0.2) is 5.91 Å². The molecule has 7 heteroatoms. The van der Waals surface area contributed by atoms with E-state index in [-0.39, 0.29) is 23.7 Å². The van der Waals surface area contributed by atoms with Gasteiger partial charge in [-0.2, -0.15) is 0 Å². The number of furan rings is 1. The van der Waals surface area contributed by atoms with Gasteiger partial charge in [-0.05, 0) is 49.4 Å². The Morgan fingerprint density at radius 3 is 2.44 bits per heavy atom. The smallest absolute Gasteiger partial charge is 0.287 e. The van der Waals surface area contributed by atoms with Crippen molar-refractivity contribution in [3.8, 4) is 5.75 Å². The fourth-order valence-electron chi connectivity index (χ4n) is 2.46. The van der Waals surface area contributed by atoms with Gasteiger partial charge in [-0.1, -0.05) is 6.07 Å². The molecule has 0 spiro atoms. The van der Waals surface area contributed by atoms with E-state index in [4.69, 9.17) is 9.15 Å². The largest absolute Gasteiger partial charge is 0.486 e. The number of carbonyl (C=O) groups excluding carboxylic acids is 1. The summed E-state index contributed by atoms with van der Waals surface area (Å²) in [4.78, 5) is 12.2.